The maximum atomic E-state index is 13.5. The highest BCUT2D eigenvalue weighted by Gasteiger charge is 2.17. The molecule has 3 nitrogen and oxygen atoms in total. The van der Waals surface area contributed by atoms with Gasteiger partial charge in [0.15, 0.2) is 0 Å². The largest absolute Gasteiger partial charge is 0.395 e. The van der Waals surface area contributed by atoms with Gasteiger partial charge < -0.3 is 10.8 Å². The van der Waals surface area contributed by atoms with E-state index in [1.165, 1.54) is 6.07 Å². The Morgan fingerprint density at radius 3 is 2.67 bits per heavy atom. The summed E-state index contributed by atoms with van der Waals surface area (Å²) in [6.07, 6.45) is 0. The SMILES string of the molecule is CN(CCO)C(CN)c1ccccc1F. The zero-order chi connectivity index (χ0) is 11.3. The first-order valence-corrected chi connectivity index (χ1v) is 4.96. The van der Waals surface area contributed by atoms with Crippen LogP contribution in [-0.2, 0) is 0 Å². The van der Waals surface area contributed by atoms with Gasteiger partial charge in [0.25, 0.3) is 0 Å². The summed E-state index contributed by atoms with van der Waals surface area (Å²) in [5, 5.41) is 8.82. The van der Waals surface area contributed by atoms with E-state index < -0.39 is 0 Å². The Morgan fingerprint density at radius 2 is 2.13 bits per heavy atom. The lowest BCUT2D eigenvalue weighted by Crippen LogP contribution is -2.33. The molecule has 1 atom stereocenters. The van der Waals surface area contributed by atoms with E-state index in [2.05, 4.69) is 0 Å². The minimum Gasteiger partial charge on any atom is -0.395 e. The molecule has 0 saturated heterocycles. The average Bonchev–Trinajstić information content (AvgIpc) is 2.22. The van der Waals surface area contributed by atoms with Gasteiger partial charge in [-0.3, -0.25) is 4.90 Å². The Hall–Kier alpha value is -0.970. The molecule has 0 aliphatic carbocycles. The minimum absolute atomic E-state index is 0.0431. The van der Waals surface area contributed by atoms with Crippen LogP contribution >= 0.6 is 0 Å². The fraction of sp³-hybridized carbons (Fsp3) is 0.455. The predicted molar refractivity (Wildman–Crippen MR) is 57.9 cm³/mol. The molecule has 1 unspecified atom stereocenters. The van der Waals surface area contributed by atoms with Crippen LogP contribution in [0.4, 0.5) is 4.39 Å². The zero-order valence-electron chi connectivity index (χ0n) is 8.86. The third-order valence-corrected chi connectivity index (χ3v) is 2.47. The highest BCUT2D eigenvalue weighted by atomic mass is 19.1. The van der Waals surface area contributed by atoms with Crippen molar-refractivity contribution in [3.63, 3.8) is 0 Å². The van der Waals surface area contributed by atoms with Gasteiger partial charge in [0, 0.05) is 24.7 Å². The second kappa shape index (κ2) is 5.80. The van der Waals surface area contributed by atoms with Gasteiger partial charge in [-0.05, 0) is 13.1 Å². The second-order valence-corrected chi connectivity index (χ2v) is 3.48. The molecular weight excluding hydrogens is 195 g/mol. The van der Waals surface area contributed by atoms with Crippen molar-refractivity contribution in [3.8, 4) is 0 Å². The van der Waals surface area contributed by atoms with Gasteiger partial charge in [-0.25, -0.2) is 4.39 Å². The van der Waals surface area contributed by atoms with Crippen LogP contribution in [0, 0.1) is 5.82 Å². The summed E-state index contributed by atoms with van der Waals surface area (Å²) in [6.45, 7) is 0.856. The lowest BCUT2D eigenvalue weighted by molar-refractivity contribution is 0.181. The predicted octanol–water partition coefficient (Wildman–Crippen LogP) is 0.750. The number of nitrogens with two attached hydrogens (primary N) is 1. The molecule has 0 aromatic heterocycles. The van der Waals surface area contributed by atoms with E-state index in [-0.39, 0.29) is 18.5 Å². The smallest absolute Gasteiger partial charge is 0.128 e. The molecule has 15 heavy (non-hydrogen) atoms. The van der Waals surface area contributed by atoms with Crippen molar-refractivity contribution >= 4 is 0 Å². The minimum atomic E-state index is -0.252. The van der Waals surface area contributed by atoms with E-state index in [1.807, 2.05) is 11.9 Å². The average molecular weight is 212 g/mol. The first kappa shape index (κ1) is 12.1. The highest BCUT2D eigenvalue weighted by molar-refractivity contribution is 5.21. The van der Waals surface area contributed by atoms with Gasteiger partial charge >= 0.3 is 0 Å². The fourth-order valence-electron chi connectivity index (χ4n) is 1.60. The molecule has 1 aromatic rings. The van der Waals surface area contributed by atoms with Crippen LogP contribution in [0.2, 0.25) is 0 Å². The standard InChI is InChI=1S/C11H17FN2O/c1-14(6-7-15)11(8-13)9-4-2-3-5-10(9)12/h2-5,11,15H,6-8,13H2,1H3. The molecule has 0 aliphatic heterocycles. The van der Waals surface area contributed by atoms with Gasteiger partial charge in [-0.2, -0.15) is 0 Å². The number of rotatable bonds is 5. The summed E-state index contributed by atoms with van der Waals surface area (Å²) in [5.74, 6) is -0.252. The summed E-state index contributed by atoms with van der Waals surface area (Å²) in [5.41, 5.74) is 6.19. The van der Waals surface area contributed by atoms with E-state index in [0.29, 0.717) is 18.7 Å². The lowest BCUT2D eigenvalue weighted by atomic mass is 10.1. The quantitative estimate of drug-likeness (QED) is 0.757. The number of benzene rings is 1. The van der Waals surface area contributed by atoms with Crippen molar-refractivity contribution in [1.82, 2.24) is 4.90 Å². The molecular formula is C11H17FN2O. The number of aliphatic hydroxyl groups excluding tert-OH is 1. The van der Waals surface area contributed by atoms with Crippen LogP contribution in [0.25, 0.3) is 0 Å². The Bertz CT molecular complexity index is 306. The van der Waals surface area contributed by atoms with E-state index in [9.17, 15) is 4.39 Å². The summed E-state index contributed by atoms with van der Waals surface area (Å²) in [4.78, 5) is 1.85. The van der Waals surface area contributed by atoms with Crippen LogP contribution in [0.1, 0.15) is 11.6 Å². The third kappa shape index (κ3) is 2.99. The molecule has 0 heterocycles. The molecule has 0 bridgehead atoms. The number of hydrogen-bond acceptors (Lipinski definition) is 3. The van der Waals surface area contributed by atoms with Crippen LogP contribution in [-0.4, -0.2) is 36.8 Å². The number of hydrogen-bond donors (Lipinski definition) is 2. The van der Waals surface area contributed by atoms with E-state index in [0.717, 1.165) is 0 Å². The van der Waals surface area contributed by atoms with Gasteiger partial charge in [0.2, 0.25) is 0 Å². The first-order chi connectivity index (χ1) is 7.20. The monoisotopic (exact) mass is 212 g/mol. The van der Waals surface area contributed by atoms with Gasteiger partial charge in [-0.15, -0.1) is 0 Å². The number of likely N-dealkylation sites (N-methyl/N-ethyl adjacent to an activating group) is 1. The molecule has 0 radical (unpaired) electrons. The molecule has 1 rings (SSSR count). The molecule has 0 fully saturated rings. The van der Waals surface area contributed by atoms with Crippen molar-refractivity contribution < 1.29 is 9.50 Å². The highest BCUT2D eigenvalue weighted by Crippen LogP contribution is 2.20. The van der Waals surface area contributed by atoms with Crippen LogP contribution < -0.4 is 5.73 Å². The summed E-state index contributed by atoms with van der Waals surface area (Å²) in [6, 6.07) is 6.40. The summed E-state index contributed by atoms with van der Waals surface area (Å²) in [7, 11) is 1.82. The zero-order valence-corrected chi connectivity index (χ0v) is 8.86. The van der Waals surface area contributed by atoms with E-state index in [1.54, 1.807) is 18.2 Å². The molecule has 84 valence electrons. The molecule has 0 saturated carbocycles. The number of nitrogens with zero attached hydrogens (tertiary/aromatic N) is 1. The number of halogens is 1. The molecule has 0 amide bonds. The Labute approximate surface area is 89.3 Å². The maximum Gasteiger partial charge on any atom is 0.128 e. The Morgan fingerprint density at radius 1 is 1.47 bits per heavy atom. The Balaban J connectivity index is 2.87. The van der Waals surface area contributed by atoms with Gasteiger partial charge in [0.05, 0.1) is 6.61 Å². The molecule has 1 aromatic carbocycles. The molecule has 0 aliphatic rings. The van der Waals surface area contributed by atoms with Crippen molar-refractivity contribution in [1.29, 1.82) is 0 Å². The summed E-state index contributed by atoms with van der Waals surface area (Å²) >= 11 is 0. The first-order valence-electron chi connectivity index (χ1n) is 4.96. The Kier molecular flexibility index (Phi) is 4.68. The normalized spacial score (nSPS) is 13.1. The molecule has 3 N–H and O–H groups in total. The number of aliphatic hydroxyl groups is 1. The van der Waals surface area contributed by atoms with Crippen molar-refractivity contribution in [3.05, 3.63) is 35.6 Å². The van der Waals surface area contributed by atoms with Crippen molar-refractivity contribution in [2.75, 3.05) is 26.7 Å². The van der Waals surface area contributed by atoms with Gasteiger partial charge in [-0.1, -0.05) is 18.2 Å². The van der Waals surface area contributed by atoms with Crippen LogP contribution in [0.15, 0.2) is 24.3 Å². The van der Waals surface area contributed by atoms with E-state index >= 15 is 0 Å². The summed E-state index contributed by atoms with van der Waals surface area (Å²) < 4.78 is 13.5. The van der Waals surface area contributed by atoms with Crippen molar-refractivity contribution in [2.24, 2.45) is 5.73 Å². The molecule has 0 spiro atoms. The fourth-order valence-corrected chi connectivity index (χ4v) is 1.60. The van der Waals surface area contributed by atoms with Crippen LogP contribution in [0.5, 0.6) is 0 Å². The van der Waals surface area contributed by atoms with Crippen LogP contribution in [0.3, 0.4) is 0 Å². The van der Waals surface area contributed by atoms with Gasteiger partial charge in [0.1, 0.15) is 5.82 Å². The van der Waals surface area contributed by atoms with Crippen molar-refractivity contribution in [2.45, 2.75) is 6.04 Å². The topological polar surface area (TPSA) is 49.5 Å². The lowest BCUT2D eigenvalue weighted by Gasteiger charge is -2.26. The third-order valence-electron chi connectivity index (χ3n) is 2.47. The molecule has 4 heteroatoms. The van der Waals surface area contributed by atoms with E-state index in [4.69, 9.17) is 10.8 Å². The second-order valence-electron chi connectivity index (χ2n) is 3.48. The maximum absolute atomic E-state index is 13.5.